The first-order valence-electron chi connectivity index (χ1n) is 4.34. The third-order valence-electron chi connectivity index (χ3n) is 2.61. The number of benzene rings is 1. The first-order chi connectivity index (χ1) is 5.27. The van der Waals surface area contributed by atoms with E-state index in [2.05, 4.69) is 38.1 Å². The third-order valence-corrected chi connectivity index (χ3v) is 2.61. The molecular formula is C11H14. The highest BCUT2D eigenvalue weighted by atomic mass is 14.4. The van der Waals surface area contributed by atoms with E-state index in [9.17, 15) is 0 Å². The highest BCUT2D eigenvalue weighted by molar-refractivity contribution is 5.28. The van der Waals surface area contributed by atoms with Crippen LogP contribution in [0, 0.1) is 12.8 Å². The van der Waals surface area contributed by atoms with Crippen LogP contribution in [0.5, 0.6) is 0 Å². The van der Waals surface area contributed by atoms with E-state index in [1.54, 1.807) is 0 Å². The minimum atomic E-state index is 0.871. The minimum absolute atomic E-state index is 0.871. The van der Waals surface area contributed by atoms with Gasteiger partial charge in [-0.05, 0) is 30.7 Å². The molecule has 1 fully saturated rings. The fraction of sp³-hybridized carbons (Fsp3) is 0.455. The van der Waals surface area contributed by atoms with Gasteiger partial charge in [0.05, 0.1) is 0 Å². The van der Waals surface area contributed by atoms with Gasteiger partial charge in [0.2, 0.25) is 0 Å². The summed E-state index contributed by atoms with van der Waals surface area (Å²) < 4.78 is 0. The third kappa shape index (κ3) is 1.30. The normalized spacial score (nSPS) is 28.5. The van der Waals surface area contributed by atoms with Crippen molar-refractivity contribution in [1.82, 2.24) is 0 Å². The van der Waals surface area contributed by atoms with Gasteiger partial charge >= 0.3 is 0 Å². The van der Waals surface area contributed by atoms with Gasteiger partial charge in [-0.2, -0.15) is 0 Å². The summed E-state index contributed by atoms with van der Waals surface area (Å²) in [6.45, 7) is 4.46. The van der Waals surface area contributed by atoms with Gasteiger partial charge in [-0.15, -0.1) is 0 Å². The molecule has 11 heavy (non-hydrogen) atoms. The molecule has 0 heteroatoms. The van der Waals surface area contributed by atoms with Crippen molar-refractivity contribution >= 4 is 0 Å². The molecule has 2 rings (SSSR count). The summed E-state index contributed by atoms with van der Waals surface area (Å²) in [4.78, 5) is 0. The van der Waals surface area contributed by atoms with E-state index in [1.807, 2.05) is 0 Å². The largest absolute Gasteiger partial charge is 0.0619 e. The fourth-order valence-corrected chi connectivity index (χ4v) is 1.60. The monoisotopic (exact) mass is 146 g/mol. The van der Waals surface area contributed by atoms with Crippen molar-refractivity contribution in [3.63, 3.8) is 0 Å². The molecular weight excluding hydrogens is 132 g/mol. The Morgan fingerprint density at radius 2 is 1.73 bits per heavy atom. The van der Waals surface area contributed by atoms with E-state index < -0.39 is 0 Å². The molecule has 1 aromatic carbocycles. The molecule has 0 spiro atoms. The lowest BCUT2D eigenvalue weighted by molar-refractivity contribution is 0.914. The maximum absolute atomic E-state index is 2.32. The number of hydrogen-bond acceptors (Lipinski definition) is 0. The summed E-state index contributed by atoms with van der Waals surface area (Å²) >= 11 is 0. The molecule has 1 saturated carbocycles. The van der Waals surface area contributed by atoms with E-state index in [0.29, 0.717) is 0 Å². The van der Waals surface area contributed by atoms with Crippen molar-refractivity contribution in [3.8, 4) is 0 Å². The molecule has 1 aromatic rings. The smallest absolute Gasteiger partial charge is 0.0133 e. The average molecular weight is 146 g/mol. The van der Waals surface area contributed by atoms with Gasteiger partial charge in [-0.3, -0.25) is 0 Å². The van der Waals surface area contributed by atoms with Crippen LogP contribution in [0.15, 0.2) is 24.3 Å². The van der Waals surface area contributed by atoms with Crippen molar-refractivity contribution in [2.24, 2.45) is 5.92 Å². The van der Waals surface area contributed by atoms with Gasteiger partial charge in [-0.1, -0.05) is 36.8 Å². The zero-order valence-corrected chi connectivity index (χ0v) is 7.17. The molecule has 1 unspecified atom stereocenters. The second-order valence-corrected chi connectivity index (χ2v) is 3.73. The Labute approximate surface area is 68.3 Å². The molecule has 2 atom stereocenters. The lowest BCUT2D eigenvalue weighted by atomic mass is 10.1. The van der Waals surface area contributed by atoms with Crippen molar-refractivity contribution in [3.05, 3.63) is 35.4 Å². The zero-order chi connectivity index (χ0) is 7.84. The quantitative estimate of drug-likeness (QED) is 0.571. The number of rotatable bonds is 1. The summed E-state index contributed by atoms with van der Waals surface area (Å²) in [5, 5.41) is 0. The summed E-state index contributed by atoms with van der Waals surface area (Å²) in [5.74, 6) is 1.80. The standard InChI is InChI=1S/C11H14/c1-8-3-5-10(6-4-8)11-7-9(11)2/h3-6,9,11H,7H2,1-2H3/t9-,11?/m1/s1. The van der Waals surface area contributed by atoms with Crippen LogP contribution in [0.3, 0.4) is 0 Å². The Morgan fingerprint density at radius 1 is 1.18 bits per heavy atom. The van der Waals surface area contributed by atoms with Crippen LogP contribution in [0.1, 0.15) is 30.4 Å². The van der Waals surface area contributed by atoms with Crippen molar-refractivity contribution in [1.29, 1.82) is 0 Å². The Kier molecular flexibility index (Phi) is 1.49. The number of hydrogen-bond donors (Lipinski definition) is 0. The van der Waals surface area contributed by atoms with Gasteiger partial charge in [0, 0.05) is 0 Å². The van der Waals surface area contributed by atoms with Crippen molar-refractivity contribution in [2.45, 2.75) is 26.2 Å². The minimum Gasteiger partial charge on any atom is -0.0619 e. The van der Waals surface area contributed by atoms with Crippen LogP contribution in [0.4, 0.5) is 0 Å². The molecule has 1 aliphatic carbocycles. The fourth-order valence-electron chi connectivity index (χ4n) is 1.60. The Morgan fingerprint density at radius 3 is 2.18 bits per heavy atom. The summed E-state index contributed by atoms with van der Waals surface area (Å²) in [6, 6.07) is 8.95. The lowest BCUT2D eigenvalue weighted by Gasteiger charge is -1.97. The molecule has 0 amide bonds. The summed E-state index contributed by atoms with van der Waals surface area (Å²) in [5.41, 5.74) is 2.89. The van der Waals surface area contributed by atoms with Gasteiger partial charge < -0.3 is 0 Å². The Bertz CT molecular complexity index is 245. The van der Waals surface area contributed by atoms with E-state index in [4.69, 9.17) is 0 Å². The van der Waals surface area contributed by atoms with Crippen LogP contribution in [0.25, 0.3) is 0 Å². The second kappa shape index (κ2) is 2.37. The first kappa shape index (κ1) is 6.90. The van der Waals surface area contributed by atoms with Gasteiger partial charge in [0.1, 0.15) is 0 Å². The van der Waals surface area contributed by atoms with Crippen LogP contribution in [-0.2, 0) is 0 Å². The van der Waals surface area contributed by atoms with Gasteiger partial charge in [-0.25, -0.2) is 0 Å². The SMILES string of the molecule is Cc1ccc(C2C[C@H]2C)cc1. The molecule has 1 aliphatic rings. The zero-order valence-electron chi connectivity index (χ0n) is 7.17. The van der Waals surface area contributed by atoms with Crippen LogP contribution < -0.4 is 0 Å². The molecule has 58 valence electrons. The lowest BCUT2D eigenvalue weighted by Crippen LogP contribution is -1.80. The van der Waals surface area contributed by atoms with Crippen LogP contribution in [-0.4, -0.2) is 0 Å². The Hall–Kier alpha value is -0.780. The molecule has 0 saturated heterocycles. The second-order valence-electron chi connectivity index (χ2n) is 3.73. The molecule has 0 aliphatic heterocycles. The van der Waals surface area contributed by atoms with E-state index in [0.717, 1.165) is 11.8 Å². The molecule has 0 nitrogen and oxygen atoms in total. The van der Waals surface area contributed by atoms with Crippen molar-refractivity contribution in [2.75, 3.05) is 0 Å². The highest BCUT2D eigenvalue weighted by Crippen LogP contribution is 2.46. The number of aryl methyl sites for hydroxylation is 1. The first-order valence-corrected chi connectivity index (χ1v) is 4.34. The molecule has 0 radical (unpaired) electrons. The summed E-state index contributed by atoms with van der Waals surface area (Å²) in [6.07, 6.45) is 1.39. The molecule has 0 heterocycles. The average Bonchev–Trinajstić information content (AvgIpc) is 2.69. The predicted molar refractivity (Wildman–Crippen MR) is 47.7 cm³/mol. The highest BCUT2D eigenvalue weighted by Gasteiger charge is 2.33. The van der Waals surface area contributed by atoms with Crippen LogP contribution >= 0.6 is 0 Å². The van der Waals surface area contributed by atoms with Crippen LogP contribution in [0.2, 0.25) is 0 Å². The maximum Gasteiger partial charge on any atom is -0.0133 e. The summed E-state index contributed by atoms with van der Waals surface area (Å²) in [7, 11) is 0. The van der Waals surface area contributed by atoms with Gasteiger partial charge in [0.15, 0.2) is 0 Å². The van der Waals surface area contributed by atoms with E-state index >= 15 is 0 Å². The van der Waals surface area contributed by atoms with E-state index in [1.165, 1.54) is 17.5 Å². The molecule has 0 bridgehead atoms. The van der Waals surface area contributed by atoms with Crippen molar-refractivity contribution < 1.29 is 0 Å². The maximum atomic E-state index is 2.32. The predicted octanol–water partition coefficient (Wildman–Crippen LogP) is 3.12. The Balaban J connectivity index is 2.21. The topological polar surface area (TPSA) is 0 Å². The molecule has 0 aromatic heterocycles. The van der Waals surface area contributed by atoms with E-state index in [-0.39, 0.29) is 0 Å². The van der Waals surface area contributed by atoms with Gasteiger partial charge in [0.25, 0.3) is 0 Å². The molecule has 0 N–H and O–H groups in total.